The standard InChI is InChI=1S/C12H8BrFO3S/c13-9-5-8(14)2-1-7(9)6-18-11-4-3-10(17-11)12(15)16/h1-5H,6H2,(H,15,16). The molecule has 0 radical (unpaired) electrons. The van der Waals surface area contributed by atoms with Crippen LogP contribution in [0.15, 0.2) is 44.3 Å². The van der Waals surface area contributed by atoms with Crippen LogP contribution in [-0.4, -0.2) is 11.1 Å². The molecule has 1 heterocycles. The molecule has 0 amide bonds. The van der Waals surface area contributed by atoms with Gasteiger partial charge in [-0.15, -0.1) is 0 Å². The van der Waals surface area contributed by atoms with Gasteiger partial charge in [0.2, 0.25) is 5.76 Å². The van der Waals surface area contributed by atoms with E-state index in [9.17, 15) is 9.18 Å². The van der Waals surface area contributed by atoms with E-state index in [1.807, 2.05) is 0 Å². The molecule has 0 aliphatic carbocycles. The fourth-order valence-electron chi connectivity index (χ4n) is 1.30. The summed E-state index contributed by atoms with van der Waals surface area (Å²) in [6.45, 7) is 0. The number of rotatable bonds is 4. The second-order valence-corrected chi connectivity index (χ2v) is 5.28. The van der Waals surface area contributed by atoms with Crippen molar-refractivity contribution in [1.82, 2.24) is 0 Å². The molecule has 0 unspecified atom stereocenters. The molecular weight excluding hydrogens is 323 g/mol. The van der Waals surface area contributed by atoms with Gasteiger partial charge in [-0.1, -0.05) is 33.8 Å². The summed E-state index contributed by atoms with van der Waals surface area (Å²) < 4.78 is 18.7. The lowest BCUT2D eigenvalue weighted by Crippen LogP contribution is -1.91. The van der Waals surface area contributed by atoms with Gasteiger partial charge in [0.1, 0.15) is 5.82 Å². The van der Waals surface area contributed by atoms with Gasteiger partial charge >= 0.3 is 5.97 Å². The summed E-state index contributed by atoms with van der Waals surface area (Å²) in [5.74, 6) is -0.921. The Morgan fingerprint density at radius 3 is 2.78 bits per heavy atom. The van der Waals surface area contributed by atoms with E-state index in [1.54, 1.807) is 12.1 Å². The smallest absolute Gasteiger partial charge is 0.371 e. The molecule has 6 heteroatoms. The summed E-state index contributed by atoms with van der Waals surface area (Å²) >= 11 is 4.62. The summed E-state index contributed by atoms with van der Waals surface area (Å²) in [6, 6.07) is 7.45. The van der Waals surface area contributed by atoms with E-state index in [1.165, 1.54) is 30.0 Å². The van der Waals surface area contributed by atoms with E-state index in [0.717, 1.165) is 5.56 Å². The van der Waals surface area contributed by atoms with Crippen LogP contribution in [0.25, 0.3) is 0 Å². The molecule has 94 valence electrons. The third-order valence-corrected chi connectivity index (χ3v) is 3.87. The second-order valence-electron chi connectivity index (χ2n) is 3.45. The minimum absolute atomic E-state index is 0.0873. The third kappa shape index (κ3) is 3.14. The largest absolute Gasteiger partial charge is 0.475 e. The Hall–Kier alpha value is -1.27. The Kier molecular flexibility index (Phi) is 4.08. The first-order valence-electron chi connectivity index (χ1n) is 4.96. The fourth-order valence-corrected chi connectivity index (χ4v) is 2.84. The number of hydrogen-bond donors (Lipinski definition) is 1. The molecule has 0 spiro atoms. The molecule has 0 aliphatic rings. The van der Waals surface area contributed by atoms with Crippen molar-refractivity contribution >= 4 is 33.7 Å². The van der Waals surface area contributed by atoms with Crippen molar-refractivity contribution in [2.75, 3.05) is 0 Å². The number of furan rings is 1. The maximum Gasteiger partial charge on any atom is 0.371 e. The molecule has 0 saturated carbocycles. The Labute approximate surface area is 115 Å². The minimum atomic E-state index is -1.09. The van der Waals surface area contributed by atoms with Crippen molar-refractivity contribution in [3.63, 3.8) is 0 Å². The van der Waals surface area contributed by atoms with Crippen molar-refractivity contribution in [1.29, 1.82) is 0 Å². The predicted octanol–water partition coefficient (Wildman–Crippen LogP) is 4.17. The molecular formula is C12H8BrFO3S. The molecule has 0 fully saturated rings. The summed E-state index contributed by atoms with van der Waals surface area (Å²) in [5.41, 5.74) is 0.912. The van der Waals surface area contributed by atoms with Crippen LogP contribution >= 0.6 is 27.7 Å². The highest BCUT2D eigenvalue weighted by atomic mass is 79.9. The van der Waals surface area contributed by atoms with E-state index >= 15 is 0 Å². The Bertz CT molecular complexity index is 582. The number of halogens is 2. The molecule has 2 aromatic rings. The third-order valence-electron chi connectivity index (χ3n) is 2.18. The lowest BCUT2D eigenvalue weighted by atomic mass is 10.2. The van der Waals surface area contributed by atoms with Crippen molar-refractivity contribution in [3.05, 3.63) is 51.9 Å². The Morgan fingerprint density at radius 1 is 1.39 bits per heavy atom. The lowest BCUT2D eigenvalue weighted by Gasteiger charge is -2.02. The first kappa shape index (κ1) is 13.2. The molecule has 2 rings (SSSR count). The summed E-state index contributed by atoms with van der Waals surface area (Å²) in [4.78, 5) is 10.6. The van der Waals surface area contributed by atoms with Gasteiger partial charge in [-0.3, -0.25) is 0 Å². The van der Waals surface area contributed by atoms with Crippen LogP contribution in [0.2, 0.25) is 0 Å². The number of carbonyl (C=O) groups is 1. The fraction of sp³-hybridized carbons (Fsp3) is 0.0833. The molecule has 0 aliphatic heterocycles. The molecule has 1 aromatic carbocycles. The quantitative estimate of drug-likeness (QED) is 0.854. The molecule has 18 heavy (non-hydrogen) atoms. The average molecular weight is 331 g/mol. The molecule has 1 N–H and O–H groups in total. The van der Waals surface area contributed by atoms with Crippen LogP contribution in [0.3, 0.4) is 0 Å². The summed E-state index contributed by atoms with van der Waals surface area (Å²) in [6.07, 6.45) is 0. The number of carboxylic acid groups (broad SMARTS) is 1. The van der Waals surface area contributed by atoms with Gasteiger partial charge in [0.15, 0.2) is 5.09 Å². The zero-order chi connectivity index (χ0) is 13.1. The lowest BCUT2D eigenvalue weighted by molar-refractivity contribution is 0.0656. The zero-order valence-electron chi connectivity index (χ0n) is 9.02. The van der Waals surface area contributed by atoms with Crippen molar-refractivity contribution in [2.24, 2.45) is 0 Å². The Morgan fingerprint density at radius 2 is 2.17 bits per heavy atom. The highest BCUT2D eigenvalue weighted by molar-refractivity contribution is 9.10. The van der Waals surface area contributed by atoms with Gasteiger partial charge in [-0.25, -0.2) is 9.18 Å². The monoisotopic (exact) mass is 330 g/mol. The number of carboxylic acids is 1. The first-order chi connectivity index (χ1) is 8.56. The molecule has 0 atom stereocenters. The summed E-state index contributed by atoms with van der Waals surface area (Å²) in [5, 5.41) is 9.22. The number of aromatic carboxylic acids is 1. The molecule has 0 saturated heterocycles. The van der Waals surface area contributed by atoms with Crippen LogP contribution in [0.4, 0.5) is 4.39 Å². The topological polar surface area (TPSA) is 50.4 Å². The van der Waals surface area contributed by atoms with Crippen LogP contribution in [0.1, 0.15) is 16.1 Å². The van der Waals surface area contributed by atoms with Crippen molar-refractivity contribution in [3.8, 4) is 0 Å². The molecule has 3 nitrogen and oxygen atoms in total. The van der Waals surface area contributed by atoms with Gasteiger partial charge in [0, 0.05) is 10.2 Å². The van der Waals surface area contributed by atoms with Crippen molar-refractivity contribution in [2.45, 2.75) is 10.8 Å². The van der Waals surface area contributed by atoms with Gasteiger partial charge < -0.3 is 9.52 Å². The predicted molar refractivity (Wildman–Crippen MR) is 69.3 cm³/mol. The average Bonchev–Trinajstić information content (AvgIpc) is 2.76. The zero-order valence-corrected chi connectivity index (χ0v) is 11.4. The minimum Gasteiger partial charge on any atom is -0.475 e. The maximum absolute atomic E-state index is 12.9. The normalized spacial score (nSPS) is 10.6. The van der Waals surface area contributed by atoms with Gasteiger partial charge in [0.25, 0.3) is 0 Å². The van der Waals surface area contributed by atoms with Gasteiger partial charge in [-0.2, -0.15) is 0 Å². The second kappa shape index (κ2) is 5.58. The number of hydrogen-bond acceptors (Lipinski definition) is 3. The Balaban J connectivity index is 2.04. The van der Waals surface area contributed by atoms with Crippen LogP contribution in [-0.2, 0) is 5.75 Å². The van der Waals surface area contributed by atoms with E-state index in [2.05, 4.69) is 15.9 Å². The van der Waals surface area contributed by atoms with E-state index < -0.39 is 5.97 Å². The van der Waals surface area contributed by atoms with Crippen LogP contribution in [0.5, 0.6) is 0 Å². The van der Waals surface area contributed by atoms with Gasteiger partial charge in [-0.05, 0) is 29.8 Å². The first-order valence-corrected chi connectivity index (χ1v) is 6.74. The highest BCUT2D eigenvalue weighted by Gasteiger charge is 2.10. The van der Waals surface area contributed by atoms with Crippen LogP contribution in [0, 0.1) is 5.82 Å². The van der Waals surface area contributed by atoms with E-state index in [0.29, 0.717) is 15.3 Å². The molecule has 1 aromatic heterocycles. The SMILES string of the molecule is O=C(O)c1ccc(SCc2ccc(F)cc2Br)o1. The highest BCUT2D eigenvalue weighted by Crippen LogP contribution is 2.28. The van der Waals surface area contributed by atoms with E-state index in [4.69, 9.17) is 9.52 Å². The maximum atomic E-state index is 12.9. The number of benzene rings is 1. The molecule has 0 bridgehead atoms. The number of thioether (sulfide) groups is 1. The van der Waals surface area contributed by atoms with Crippen molar-refractivity contribution < 1.29 is 18.7 Å². The van der Waals surface area contributed by atoms with Crippen LogP contribution < -0.4 is 0 Å². The van der Waals surface area contributed by atoms with E-state index in [-0.39, 0.29) is 11.6 Å². The summed E-state index contributed by atoms with van der Waals surface area (Å²) in [7, 11) is 0. The van der Waals surface area contributed by atoms with Gasteiger partial charge in [0.05, 0.1) is 0 Å².